The van der Waals surface area contributed by atoms with Gasteiger partial charge < -0.3 is 10.3 Å². The van der Waals surface area contributed by atoms with Gasteiger partial charge in [0.05, 0.1) is 5.52 Å². The predicted molar refractivity (Wildman–Crippen MR) is 78.0 cm³/mol. The molecule has 19 heavy (non-hydrogen) atoms. The molecule has 0 radical (unpaired) electrons. The molecule has 0 saturated heterocycles. The molecule has 1 atom stereocenters. The minimum Gasteiger partial charge on any atom is -0.325 e. The Morgan fingerprint density at radius 2 is 2.00 bits per heavy atom. The van der Waals surface area contributed by atoms with Crippen LogP contribution in [0.25, 0.3) is 10.9 Å². The van der Waals surface area contributed by atoms with Crippen LogP contribution in [-0.4, -0.2) is 16.3 Å². The number of aromatic nitrogens is 1. The number of aromatic amines is 1. The highest BCUT2D eigenvalue weighted by Gasteiger charge is 2.10. The number of carbonyl (C=O) groups is 1. The topological polar surface area (TPSA) is 62.0 Å². The van der Waals surface area contributed by atoms with E-state index in [9.17, 15) is 9.59 Å². The highest BCUT2D eigenvalue weighted by atomic mass is 35.5. The molecule has 0 fully saturated rings. The Kier molecular flexibility index (Phi) is 3.62. The van der Waals surface area contributed by atoms with Gasteiger partial charge in [0.15, 0.2) is 0 Å². The highest BCUT2D eigenvalue weighted by molar-refractivity contribution is 6.32. The van der Waals surface area contributed by atoms with Gasteiger partial charge in [-0.05, 0) is 38.5 Å². The summed E-state index contributed by atoms with van der Waals surface area (Å²) in [6.07, 6.45) is 0. The fourth-order valence-electron chi connectivity index (χ4n) is 1.88. The lowest BCUT2D eigenvalue weighted by Crippen LogP contribution is -2.20. The van der Waals surface area contributed by atoms with Crippen LogP contribution in [0.1, 0.15) is 18.1 Å². The van der Waals surface area contributed by atoms with Crippen LogP contribution in [0.3, 0.4) is 0 Å². The summed E-state index contributed by atoms with van der Waals surface area (Å²) in [7, 11) is 0. The van der Waals surface area contributed by atoms with Crippen molar-refractivity contribution in [3.63, 3.8) is 0 Å². The smallest absolute Gasteiger partial charge is 0.251 e. The molecule has 2 aromatic rings. The summed E-state index contributed by atoms with van der Waals surface area (Å²) in [5.41, 5.74) is 2.86. The molecule has 0 aliphatic rings. The van der Waals surface area contributed by atoms with Crippen LogP contribution >= 0.6 is 11.6 Å². The van der Waals surface area contributed by atoms with Crippen molar-refractivity contribution in [1.29, 1.82) is 0 Å². The van der Waals surface area contributed by atoms with Gasteiger partial charge in [0.1, 0.15) is 5.38 Å². The number of halogens is 1. The lowest BCUT2D eigenvalue weighted by atomic mass is 10.1. The average molecular weight is 279 g/mol. The van der Waals surface area contributed by atoms with Crippen molar-refractivity contribution in [2.75, 3.05) is 5.32 Å². The van der Waals surface area contributed by atoms with Crippen molar-refractivity contribution in [1.82, 2.24) is 4.98 Å². The predicted octanol–water partition coefficient (Wildman–Crippen LogP) is 2.71. The number of fused-ring (bicyclic) bond motifs is 1. The van der Waals surface area contributed by atoms with Crippen LogP contribution in [0, 0.1) is 13.8 Å². The van der Waals surface area contributed by atoms with Gasteiger partial charge in [0.2, 0.25) is 5.91 Å². The largest absolute Gasteiger partial charge is 0.325 e. The number of carbonyl (C=O) groups excluding carboxylic acids is 1. The van der Waals surface area contributed by atoms with E-state index in [2.05, 4.69) is 10.3 Å². The Balaban J connectivity index is 2.50. The van der Waals surface area contributed by atoms with Crippen LogP contribution in [0.2, 0.25) is 0 Å². The van der Waals surface area contributed by atoms with Crippen LogP contribution in [0.5, 0.6) is 0 Å². The molecule has 2 rings (SSSR count). The van der Waals surface area contributed by atoms with Gasteiger partial charge in [-0.3, -0.25) is 9.59 Å². The average Bonchev–Trinajstić information content (AvgIpc) is 2.35. The Bertz CT molecular complexity index is 704. The molecule has 0 saturated carbocycles. The Hall–Kier alpha value is -1.81. The first-order valence-corrected chi connectivity index (χ1v) is 6.42. The number of anilines is 1. The van der Waals surface area contributed by atoms with E-state index < -0.39 is 5.38 Å². The number of hydrogen-bond donors (Lipinski definition) is 2. The van der Waals surface area contributed by atoms with Crippen molar-refractivity contribution in [3.8, 4) is 0 Å². The number of rotatable bonds is 2. The number of benzene rings is 1. The molecule has 1 aromatic carbocycles. The molecule has 0 aliphatic heterocycles. The Morgan fingerprint density at radius 1 is 1.32 bits per heavy atom. The molecule has 0 bridgehead atoms. The lowest BCUT2D eigenvalue weighted by molar-refractivity contribution is -0.115. The fourth-order valence-corrected chi connectivity index (χ4v) is 1.94. The zero-order valence-corrected chi connectivity index (χ0v) is 11.8. The maximum atomic E-state index is 11.7. The third kappa shape index (κ3) is 2.63. The zero-order chi connectivity index (χ0) is 14.2. The minimum absolute atomic E-state index is 0.112. The van der Waals surface area contributed by atoms with Crippen molar-refractivity contribution >= 4 is 34.1 Å². The second kappa shape index (κ2) is 5.05. The summed E-state index contributed by atoms with van der Waals surface area (Å²) in [5.74, 6) is -0.271. The van der Waals surface area contributed by atoms with Crippen LogP contribution in [0.4, 0.5) is 5.69 Å². The first-order valence-electron chi connectivity index (χ1n) is 5.98. The summed E-state index contributed by atoms with van der Waals surface area (Å²) in [4.78, 5) is 26.1. The van der Waals surface area contributed by atoms with Gasteiger partial charge in [-0.1, -0.05) is 6.07 Å². The van der Waals surface area contributed by atoms with Gasteiger partial charge in [-0.25, -0.2) is 0 Å². The van der Waals surface area contributed by atoms with E-state index in [0.717, 1.165) is 10.9 Å². The number of pyridine rings is 1. The number of amides is 1. The van der Waals surface area contributed by atoms with Crippen molar-refractivity contribution < 1.29 is 4.79 Å². The van der Waals surface area contributed by atoms with Gasteiger partial charge in [0, 0.05) is 16.6 Å². The number of nitrogens with one attached hydrogen (secondary N) is 2. The highest BCUT2D eigenvalue weighted by Crippen LogP contribution is 2.21. The van der Waals surface area contributed by atoms with E-state index in [4.69, 9.17) is 11.6 Å². The zero-order valence-electron chi connectivity index (χ0n) is 11.0. The maximum absolute atomic E-state index is 11.7. The van der Waals surface area contributed by atoms with Gasteiger partial charge in [-0.15, -0.1) is 11.6 Å². The number of aryl methyl sites for hydroxylation is 1. The molecule has 0 aliphatic carbocycles. The summed E-state index contributed by atoms with van der Waals surface area (Å²) in [6.45, 7) is 5.30. The normalized spacial score (nSPS) is 12.4. The Labute approximate surface area is 115 Å². The quantitative estimate of drug-likeness (QED) is 0.830. The Morgan fingerprint density at radius 3 is 2.63 bits per heavy atom. The minimum atomic E-state index is -0.602. The van der Waals surface area contributed by atoms with Gasteiger partial charge in [0.25, 0.3) is 5.56 Å². The summed E-state index contributed by atoms with van der Waals surface area (Å²) in [6, 6.07) is 5.41. The van der Waals surface area contributed by atoms with Crippen LogP contribution in [0.15, 0.2) is 23.0 Å². The van der Waals surface area contributed by atoms with Crippen molar-refractivity contribution in [2.45, 2.75) is 26.1 Å². The number of hydrogen-bond acceptors (Lipinski definition) is 2. The number of H-pyrrole nitrogens is 1. The first-order chi connectivity index (χ1) is 8.90. The third-order valence-electron chi connectivity index (χ3n) is 3.20. The molecule has 2 N–H and O–H groups in total. The molecule has 1 unspecified atom stereocenters. The molecule has 1 aromatic heterocycles. The van der Waals surface area contributed by atoms with Crippen molar-refractivity contribution in [3.05, 3.63) is 39.7 Å². The van der Waals surface area contributed by atoms with E-state index in [-0.39, 0.29) is 11.5 Å². The summed E-state index contributed by atoms with van der Waals surface area (Å²) < 4.78 is 0. The SMILES string of the molecule is Cc1c(C)c2ccc(NC(=O)C(C)Cl)cc2[nH]c1=O. The van der Waals surface area contributed by atoms with E-state index in [1.54, 1.807) is 26.0 Å². The lowest BCUT2D eigenvalue weighted by Gasteiger charge is -2.09. The van der Waals surface area contributed by atoms with E-state index in [1.165, 1.54) is 0 Å². The van der Waals surface area contributed by atoms with Crippen LogP contribution < -0.4 is 10.9 Å². The molecule has 4 nitrogen and oxygen atoms in total. The van der Waals surface area contributed by atoms with E-state index in [1.807, 2.05) is 13.0 Å². The molecular formula is C14H15ClN2O2. The standard InChI is InChI=1S/C14H15ClN2O2/c1-7-8(2)13(18)17-12-6-10(4-5-11(7)12)16-14(19)9(3)15/h4-6,9H,1-3H3,(H,16,19)(H,17,18). The molecule has 5 heteroatoms. The summed E-state index contributed by atoms with van der Waals surface area (Å²) in [5, 5.41) is 3.06. The van der Waals surface area contributed by atoms with Gasteiger partial charge in [-0.2, -0.15) is 0 Å². The van der Waals surface area contributed by atoms with E-state index in [0.29, 0.717) is 16.8 Å². The maximum Gasteiger partial charge on any atom is 0.251 e. The molecule has 1 heterocycles. The molecular weight excluding hydrogens is 264 g/mol. The second-order valence-corrected chi connectivity index (χ2v) is 5.22. The number of alkyl halides is 1. The fraction of sp³-hybridized carbons (Fsp3) is 0.286. The monoisotopic (exact) mass is 278 g/mol. The molecule has 1 amide bonds. The van der Waals surface area contributed by atoms with Gasteiger partial charge >= 0.3 is 0 Å². The van der Waals surface area contributed by atoms with Crippen molar-refractivity contribution in [2.24, 2.45) is 0 Å². The molecule has 100 valence electrons. The first kappa shape index (κ1) is 13.6. The van der Waals surface area contributed by atoms with Crippen LogP contribution in [-0.2, 0) is 4.79 Å². The second-order valence-electron chi connectivity index (χ2n) is 4.57. The summed E-state index contributed by atoms with van der Waals surface area (Å²) >= 11 is 5.70. The molecule has 0 spiro atoms. The third-order valence-corrected chi connectivity index (χ3v) is 3.40. The van der Waals surface area contributed by atoms with E-state index >= 15 is 0 Å².